The molecule has 0 saturated carbocycles. The van der Waals surface area contributed by atoms with Crippen LogP contribution in [0.2, 0.25) is 5.02 Å². The summed E-state index contributed by atoms with van der Waals surface area (Å²) in [5.74, 6) is -0.453. The van der Waals surface area contributed by atoms with E-state index in [1.54, 1.807) is 12.1 Å². The molecule has 2 amide bonds. The van der Waals surface area contributed by atoms with Crippen LogP contribution in [0.5, 0.6) is 5.75 Å². The van der Waals surface area contributed by atoms with E-state index in [0.717, 1.165) is 28.8 Å². The van der Waals surface area contributed by atoms with Crippen molar-refractivity contribution < 1.29 is 35.9 Å². The van der Waals surface area contributed by atoms with Crippen molar-refractivity contribution in [1.29, 1.82) is 0 Å². The van der Waals surface area contributed by atoms with Crippen LogP contribution in [0.3, 0.4) is 0 Å². The lowest BCUT2D eigenvalue weighted by Gasteiger charge is -2.30. The van der Waals surface area contributed by atoms with Crippen LogP contribution in [0, 0.1) is 0 Å². The molecule has 0 radical (unpaired) electrons. The zero-order valence-corrected chi connectivity index (χ0v) is 20.5. The number of hydrogen-bond donors (Lipinski definition) is 1. The number of ether oxygens (including phenoxy) is 1. The van der Waals surface area contributed by atoms with Crippen LogP contribution in [0.4, 0.5) is 36.8 Å². The monoisotopic (exact) mass is 555 g/mol. The number of carbonyl (C=O) groups excluding carboxylic acids is 1. The molecule has 3 aromatic rings. The Morgan fingerprint density at radius 2 is 1.68 bits per heavy atom. The van der Waals surface area contributed by atoms with Gasteiger partial charge in [0.15, 0.2) is 0 Å². The van der Waals surface area contributed by atoms with E-state index < -0.39 is 40.3 Å². The number of rotatable bonds is 5. The summed E-state index contributed by atoms with van der Waals surface area (Å²) in [6.45, 7) is 1.93. The van der Waals surface area contributed by atoms with Crippen molar-refractivity contribution in [3.05, 3.63) is 94.5 Å². The Morgan fingerprint density at radius 3 is 2.24 bits per heavy atom. The third-order valence-corrected chi connectivity index (χ3v) is 6.46. The minimum atomic E-state index is -4.85. The topological polar surface area (TPSA) is 53.9 Å². The molecule has 1 aliphatic rings. The van der Waals surface area contributed by atoms with Crippen molar-refractivity contribution in [3.63, 3.8) is 0 Å². The average molecular weight is 556 g/mol. The van der Waals surface area contributed by atoms with E-state index in [9.17, 15) is 31.1 Å². The number of nitrogens with one attached hydrogen (secondary N) is 1. The van der Waals surface area contributed by atoms with Crippen molar-refractivity contribution in [2.24, 2.45) is 5.10 Å². The lowest BCUT2D eigenvalue weighted by Crippen LogP contribution is -2.40. The fourth-order valence-electron chi connectivity index (χ4n) is 4.32. The number of alkyl halides is 6. The molecule has 0 aromatic heterocycles. The van der Waals surface area contributed by atoms with Gasteiger partial charge >= 0.3 is 18.6 Å². The molecule has 1 atom stereocenters. The van der Waals surface area contributed by atoms with Crippen LogP contribution in [0.15, 0.2) is 77.9 Å². The van der Waals surface area contributed by atoms with Crippen molar-refractivity contribution in [2.45, 2.75) is 31.3 Å². The molecule has 0 bridgehead atoms. The van der Waals surface area contributed by atoms with E-state index in [-0.39, 0.29) is 12.2 Å². The van der Waals surface area contributed by atoms with Crippen molar-refractivity contribution in [3.8, 4) is 5.75 Å². The third-order valence-electron chi connectivity index (χ3n) is 6.15. The first-order valence-corrected chi connectivity index (χ1v) is 11.7. The second-order valence-electron chi connectivity index (χ2n) is 8.50. The summed E-state index contributed by atoms with van der Waals surface area (Å²) in [4.78, 5) is 13.1. The number of hydrogen-bond acceptors (Lipinski definition) is 3. The van der Waals surface area contributed by atoms with Crippen molar-refractivity contribution in [2.75, 3.05) is 11.9 Å². The Hall–Kier alpha value is -3.73. The van der Waals surface area contributed by atoms with Gasteiger partial charge in [0.2, 0.25) is 0 Å². The van der Waals surface area contributed by atoms with Gasteiger partial charge in [0.05, 0.1) is 28.3 Å². The number of nitrogens with zero attached hydrogens (tertiary/aromatic N) is 2. The summed E-state index contributed by atoms with van der Waals surface area (Å²) in [7, 11) is 0. The van der Waals surface area contributed by atoms with E-state index in [1.807, 2.05) is 25.1 Å². The molecule has 0 saturated heterocycles. The summed E-state index contributed by atoms with van der Waals surface area (Å²) in [6.07, 6.45) is -9.05. The van der Waals surface area contributed by atoms with Gasteiger partial charge in [0, 0.05) is 11.3 Å². The fourth-order valence-corrected chi connectivity index (χ4v) is 4.61. The van der Waals surface area contributed by atoms with Gasteiger partial charge in [-0.05, 0) is 48.4 Å². The van der Waals surface area contributed by atoms with Crippen LogP contribution in [-0.4, -0.2) is 29.7 Å². The van der Waals surface area contributed by atoms with Crippen LogP contribution >= 0.6 is 11.6 Å². The minimum absolute atomic E-state index is 0.0581. The Morgan fingerprint density at radius 1 is 1.03 bits per heavy atom. The van der Waals surface area contributed by atoms with Gasteiger partial charge in [-0.2, -0.15) is 18.3 Å². The summed E-state index contributed by atoms with van der Waals surface area (Å²) < 4.78 is 80.9. The number of carbonyl (C=O) groups is 1. The lowest BCUT2D eigenvalue weighted by atomic mass is 9.72. The smallest absolute Gasteiger partial charge is 0.406 e. The van der Waals surface area contributed by atoms with Crippen LogP contribution in [0.25, 0.3) is 0 Å². The molecule has 1 aliphatic heterocycles. The van der Waals surface area contributed by atoms with E-state index >= 15 is 0 Å². The second-order valence-corrected chi connectivity index (χ2v) is 8.91. The maximum atomic E-state index is 13.3. The van der Waals surface area contributed by atoms with Crippen LogP contribution in [-0.2, 0) is 11.6 Å². The first-order chi connectivity index (χ1) is 17.8. The third kappa shape index (κ3) is 5.72. The largest absolute Gasteiger partial charge is 0.573 e. The number of amides is 2. The molecular weight excluding hydrogens is 536 g/mol. The van der Waals surface area contributed by atoms with Gasteiger partial charge in [0.25, 0.3) is 0 Å². The van der Waals surface area contributed by atoms with E-state index in [2.05, 4.69) is 15.2 Å². The summed E-state index contributed by atoms with van der Waals surface area (Å²) in [5, 5.41) is 7.68. The van der Waals surface area contributed by atoms with E-state index in [0.29, 0.717) is 17.7 Å². The highest BCUT2D eigenvalue weighted by Crippen LogP contribution is 2.41. The Labute approximate surface area is 218 Å². The van der Waals surface area contributed by atoms with Gasteiger partial charge in [0.1, 0.15) is 5.75 Å². The number of hydrazone groups is 1. The maximum absolute atomic E-state index is 13.3. The standard InChI is InChI=1S/C26H20ClF6N3O2/c1-2-24(17-6-4-3-5-7-17)15-36(23(37)34-18-9-11-19(12-10-18)38-26(31,32)33)35-22(24)16-8-13-20(21(27)14-16)25(28,29)30/h3-14H,2,15H2,1H3,(H,34,37). The zero-order valence-electron chi connectivity index (χ0n) is 19.7. The maximum Gasteiger partial charge on any atom is 0.573 e. The molecule has 1 heterocycles. The molecular formula is C26H20ClF6N3O2. The predicted octanol–water partition coefficient (Wildman–Crippen LogP) is 7.86. The summed E-state index contributed by atoms with van der Waals surface area (Å²) in [5.41, 5.74) is -0.209. The normalized spacial score (nSPS) is 17.8. The molecule has 38 heavy (non-hydrogen) atoms. The number of urea groups is 1. The molecule has 0 spiro atoms. The molecule has 0 fully saturated rings. The van der Waals surface area contributed by atoms with Crippen LogP contribution in [0.1, 0.15) is 30.0 Å². The summed E-state index contributed by atoms with van der Waals surface area (Å²) in [6, 6.07) is 16.3. The van der Waals surface area contributed by atoms with Crippen molar-refractivity contribution in [1.82, 2.24) is 5.01 Å². The van der Waals surface area contributed by atoms with Gasteiger partial charge in [-0.25, -0.2) is 9.80 Å². The summed E-state index contributed by atoms with van der Waals surface area (Å²) >= 11 is 5.99. The van der Waals surface area contributed by atoms with E-state index in [1.165, 1.54) is 24.3 Å². The molecule has 12 heteroatoms. The molecule has 200 valence electrons. The average Bonchev–Trinajstić information content (AvgIpc) is 3.25. The Balaban J connectivity index is 1.68. The van der Waals surface area contributed by atoms with Gasteiger partial charge in [-0.1, -0.05) is 54.9 Å². The van der Waals surface area contributed by atoms with Gasteiger partial charge in [-0.3, -0.25) is 0 Å². The predicted molar refractivity (Wildman–Crippen MR) is 130 cm³/mol. The minimum Gasteiger partial charge on any atom is -0.406 e. The Bertz CT molecular complexity index is 1340. The number of anilines is 1. The molecule has 3 aromatic carbocycles. The molecule has 4 rings (SSSR count). The molecule has 0 aliphatic carbocycles. The first-order valence-electron chi connectivity index (χ1n) is 11.3. The Kier molecular flexibility index (Phi) is 7.33. The molecule has 1 unspecified atom stereocenters. The number of halogens is 7. The highest BCUT2D eigenvalue weighted by molar-refractivity contribution is 6.32. The first kappa shape index (κ1) is 27.3. The molecule has 1 N–H and O–H groups in total. The zero-order chi connectivity index (χ0) is 27.7. The molecule has 5 nitrogen and oxygen atoms in total. The highest BCUT2D eigenvalue weighted by atomic mass is 35.5. The quantitative estimate of drug-likeness (QED) is 0.326. The SMILES string of the molecule is CCC1(c2ccccc2)CN(C(=O)Nc2ccc(OC(F)(F)F)cc2)N=C1c1ccc(C(F)(F)F)c(Cl)c1. The highest BCUT2D eigenvalue weighted by Gasteiger charge is 2.45. The van der Waals surface area contributed by atoms with Gasteiger partial charge in [-0.15, -0.1) is 13.2 Å². The van der Waals surface area contributed by atoms with Crippen molar-refractivity contribution >= 4 is 29.0 Å². The van der Waals surface area contributed by atoms with E-state index in [4.69, 9.17) is 11.6 Å². The fraction of sp³-hybridized carbons (Fsp3) is 0.231. The van der Waals surface area contributed by atoms with Crippen LogP contribution < -0.4 is 10.1 Å². The van der Waals surface area contributed by atoms with Gasteiger partial charge < -0.3 is 10.1 Å². The second kappa shape index (κ2) is 10.2. The lowest BCUT2D eigenvalue weighted by molar-refractivity contribution is -0.274. The number of benzene rings is 3.